The summed E-state index contributed by atoms with van der Waals surface area (Å²) < 4.78 is 10.6. The summed E-state index contributed by atoms with van der Waals surface area (Å²) in [4.78, 5) is 19.6. The summed E-state index contributed by atoms with van der Waals surface area (Å²) in [6, 6.07) is 3.31. The van der Waals surface area contributed by atoms with Gasteiger partial charge in [-0.05, 0) is 6.07 Å². The van der Waals surface area contributed by atoms with Crippen LogP contribution in [-0.2, 0) is 0 Å². The number of aliphatic imine (C=N–C) groups is 1. The molecule has 0 spiro atoms. The van der Waals surface area contributed by atoms with Gasteiger partial charge in [-0.1, -0.05) is 0 Å². The van der Waals surface area contributed by atoms with Crippen molar-refractivity contribution in [3.8, 4) is 23.8 Å². The van der Waals surface area contributed by atoms with Crippen molar-refractivity contribution >= 4 is 29.0 Å². The van der Waals surface area contributed by atoms with E-state index in [9.17, 15) is 15.4 Å². The molecule has 1 aromatic carbocycles. The maximum absolute atomic E-state index is 11.8. The second-order valence-corrected chi connectivity index (χ2v) is 5.89. The van der Waals surface area contributed by atoms with Crippen molar-refractivity contribution in [1.29, 1.82) is 10.5 Å². The van der Waals surface area contributed by atoms with E-state index in [1.807, 2.05) is 6.07 Å². The van der Waals surface area contributed by atoms with Crippen LogP contribution in [0, 0.1) is 32.9 Å². The Morgan fingerprint density at radius 2 is 2.00 bits per heavy atom. The van der Waals surface area contributed by atoms with Gasteiger partial charge in [0.15, 0.2) is 17.7 Å². The molecule has 0 saturated carbocycles. The van der Waals surface area contributed by atoms with Gasteiger partial charge in [0.05, 0.1) is 24.8 Å². The number of methoxy groups -OCH3 is 2. The van der Waals surface area contributed by atoms with Gasteiger partial charge in [0.2, 0.25) is 5.96 Å². The first-order chi connectivity index (χ1) is 14.4. The van der Waals surface area contributed by atoms with Crippen LogP contribution in [0.1, 0.15) is 22.7 Å². The summed E-state index contributed by atoms with van der Waals surface area (Å²) in [6.07, 6.45) is 1.70. The molecule has 13 heteroatoms. The number of nitro groups is 1. The predicted molar refractivity (Wildman–Crippen MR) is 106 cm³/mol. The summed E-state index contributed by atoms with van der Waals surface area (Å²) in [7, 11) is 2.69. The van der Waals surface area contributed by atoms with Crippen LogP contribution in [0.25, 0.3) is 0 Å². The van der Waals surface area contributed by atoms with E-state index in [-0.39, 0.29) is 57.2 Å². The molecule has 2 aromatic rings. The normalized spacial score (nSPS) is 14.3. The number of anilines is 3. The first-order valence-corrected chi connectivity index (χ1v) is 8.26. The molecule has 0 aliphatic carbocycles. The number of aromatic nitrogens is 1. The molecule has 30 heavy (non-hydrogen) atoms. The number of nitrogens with zero attached hydrogens (tertiary/aromatic N) is 5. The number of pyridine rings is 1. The lowest BCUT2D eigenvalue weighted by molar-refractivity contribution is -0.385. The largest absolute Gasteiger partial charge is 0.493 e. The predicted octanol–water partition coefficient (Wildman–Crippen LogP) is 0.985. The average molecular weight is 409 g/mol. The van der Waals surface area contributed by atoms with Crippen LogP contribution in [0.5, 0.6) is 11.5 Å². The number of nitro benzene ring substituents is 1. The first-order valence-electron chi connectivity index (χ1n) is 8.26. The zero-order chi connectivity index (χ0) is 22.0. The van der Waals surface area contributed by atoms with Crippen LogP contribution in [-0.4, -0.2) is 30.1 Å². The van der Waals surface area contributed by atoms with E-state index >= 15 is 0 Å². The van der Waals surface area contributed by atoms with E-state index in [0.717, 1.165) is 0 Å². The Labute approximate surface area is 169 Å². The number of rotatable bonds is 4. The van der Waals surface area contributed by atoms with Gasteiger partial charge in [-0.15, -0.1) is 0 Å². The van der Waals surface area contributed by atoms with Gasteiger partial charge in [0.1, 0.15) is 34.9 Å². The van der Waals surface area contributed by atoms with Crippen LogP contribution < -0.4 is 31.6 Å². The number of benzene rings is 1. The number of guanidine groups is 1. The topological polar surface area (TPSA) is 211 Å². The van der Waals surface area contributed by atoms with Gasteiger partial charge in [0.25, 0.3) is 5.69 Å². The lowest BCUT2D eigenvalue weighted by Crippen LogP contribution is -2.33. The second-order valence-electron chi connectivity index (χ2n) is 5.89. The number of hydrogen-bond donors (Lipinski definition) is 4. The number of nitrogens with one attached hydrogen (secondary N) is 2. The summed E-state index contributed by atoms with van der Waals surface area (Å²) in [6.45, 7) is 0. The first kappa shape index (κ1) is 20.0. The summed E-state index contributed by atoms with van der Waals surface area (Å²) >= 11 is 0. The highest BCUT2D eigenvalue weighted by Gasteiger charge is 2.37. The molecule has 0 radical (unpaired) electrons. The molecule has 0 saturated heterocycles. The molecule has 1 aliphatic heterocycles. The number of nitrogen functional groups attached to an aromatic ring is 2. The molecular formula is C17H15N9O4. The third kappa shape index (κ3) is 3.06. The third-order valence-electron chi connectivity index (χ3n) is 4.39. The molecular weight excluding hydrogens is 394 g/mol. The van der Waals surface area contributed by atoms with Crippen molar-refractivity contribution in [2.45, 2.75) is 6.04 Å². The van der Waals surface area contributed by atoms with Crippen molar-refractivity contribution in [2.24, 2.45) is 4.99 Å². The molecule has 152 valence electrons. The van der Waals surface area contributed by atoms with Crippen molar-refractivity contribution in [3.63, 3.8) is 0 Å². The van der Waals surface area contributed by atoms with Crippen LogP contribution in [0.4, 0.5) is 23.0 Å². The number of nitrogens with two attached hydrogens (primary N) is 2. The molecule has 0 fully saturated rings. The summed E-state index contributed by atoms with van der Waals surface area (Å²) in [5.74, 6) is 0.140. The Kier molecular flexibility index (Phi) is 5.12. The zero-order valence-electron chi connectivity index (χ0n) is 15.8. The zero-order valence-corrected chi connectivity index (χ0v) is 15.8. The summed E-state index contributed by atoms with van der Waals surface area (Å²) in [5, 5.41) is 35.2. The standard InChI is InChI=1S/C17H15N9O4/c1-29-9-4-3-8(26(27)28)10(14(9)30-2)13-11-12(20)7(5-18)15(21)24-16(11)25-17(23-13)22-6-19/h3-4,13H,1-2H3,(H6,20,21,22,23,24,25). The molecule has 0 amide bonds. The van der Waals surface area contributed by atoms with E-state index < -0.39 is 11.0 Å². The Bertz CT molecular complexity index is 1160. The smallest absolute Gasteiger partial charge is 0.279 e. The lowest BCUT2D eigenvalue weighted by Gasteiger charge is -2.27. The van der Waals surface area contributed by atoms with Crippen molar-refractivity contribution < 1.29 is 14.4 Å². The summed E-state index contributed by atoms with van der Waals surface area (Å²) in [5.41, 5.74) is 11.7. The maximum atomic E-state index is 11.8. The van der Waals surface area contributed by atoms with Crippen molar-refractivity contribution in [1.82, 2.24) is 10.3 Å². The fourth-order valence-corrected chi connectivity index (χ4v) is 3.15. The second kappa shape index (κ2) is 7.69. The van der Waals surface area contributed by atoms with Gasteiger partial charge in [-0.3, -0.25) is 15.4 Å². The minimum Gasteiger partial charge on any atom is -0.493 e. The van der Waals surface area contributed by atoms with Crippen LogP contribution in [0.2, 0.25) is 0 Å². The number of fused-ring (bicyclic) bond motifs is 1. The van der Waals surface area contributed by atoms with Crippen molar-refractivity contribution in [3.05, 3.63) is 38.9 Å². The highest BCUT2D eigenvalue weighted by atomic mass is 16.6. The Morgan fingerprint density at radius 1 is 1.27 bits per heavy atom. The van der Waals surface area contributed by atoms with Crippen LogP contribution in [0.3, 0.4) is 0 Å². The van der Waals surface area contributed by atoms with Crippen LogP contribution >= 0.6 is 0 Å². The van der Waals surface area contributed by atoms with E-state index in [2.05, 4.69) is 20.6 Å². The fourth-order valence-electron chi connectivity index (χ4n) is 3.15. The highest BCUT2D eigenvalue weighted by Crippen LogP contribution is 2.49. The van der Waals surface area contributed by atoms with Gasteiger partial charge in [-0.2, -0.15) is 10.5 Å². The number of nitriles is 2. The maximum Gasteiger partial charge on any atom is 0.279 e. The Morgan fingerprint density at radius 3 is 2.57 bits per heavy atom. The van der Waals surface area contributed by atoms with Crippen molar-refractivity contribution in [2.75, 3.05) is 31.0 Å². The molecule has 6 N–H and O–H groups in total. The monoisotopic (exact) mass is 409 g/mol. The van der Waals surface area contributed by atoms with Crippen LogP contribution in [0.15, 0.2) is 17.1 Å². The SMILES string of the molecule is COc1ccc([N+](=O)[O-])c(C2N=C(NC#N)Nc3nc(N)c(C#N)c(N)c32)c1OC. The molecule has 1 aliphatic rings. The molecule has 1 unspecified atom stereocenters. The molecule has 1 aromatic heterocycles. The number of ether oxygens (including phenoxy) is 2. The molecule has 3 rings (SSSR count). The average Bonchev–Trinajstić information content (AvgIpc) is 2.72. The molecule has 0 bridgehead atoms. The van der Waals surface area contributed by atoms with E-state index in [1.165, 1.54) is 26.4 Å². The fraction of sp³-hybridized carbons (Fsp3) is 0.176. The lowest BCUT2D eigenvalue weighted by atomic mass is 9.93. The van der Waals surface area contributed by atoms with Gasteiger partial charge < -0.3 is 26.3 Å². The Hall–Kier alpha value is -4.78. The minimum atomic E-state index is -1.16. The van der Waals surface area contributed by atoms with E-state index in [4.69, 9.17) is 26.2 Å². The van der Waals surface area contributed by atoms with Gasteiger partial charge in [-0.25, -0.2) is 9.98 Å². The van der Waals surface area contributed by atoms with Gasteiger partial charge >= 0.3 is 0 Å². The highest BCUT2D eigenvalue weighted by molar-refractivity contribution is 5.98. The third-order valence-corrected chi connectivity index (χ3v) is 4.39. The minimum absolute atomic E-state index is 0.00370. The molecule has 1 atom stereocenters. The molecule has 2 heterocycles. The molecule has 13 nitrogen and oxygen atoms in total. The number of hydrogen-bond acceptors (Lipinski definition) is 12. The van der Waals surface area contributed by atoms with E-state index in [1.54, 1.807) is 6.19 Å². The quantitative estimate of drug-likeness (QED) is 0.242. The van der Waals surface area contributed by atoms with E-state index in [0.29, 0.717) is 0 Å². The Balaban J connectivity index is 2.43. The van der Waals surface area contributed by atoms with Gasteiger partial charge in [0, 0.05) is 11.6 Å².